The number of rotatable bonds is 7. The second-order valence-corrected chi connectivity index (χ2v) is 10.1. The number of nitrogens with one attached hydrogen (secondary N) is 2. The maximum Gasteiger partial charge on any atom is 0.345 e. The molecule has 0 unspecified atom stereocenters. The van der Waals surface area contributed by atoms with Crippen molar-refractivity contribution in [3.8, 4) is 5.75 Å². The SMILES string of the molecule is O=C(N/N=C\c1cc(Br)ccc1OC(=O)c1ccc(Cl)cc1Cl)c1ccc(NC(=O)c2ccc(Cl)cc2)cc1. The molecule has 0 fully saturated rings. The van der Waals surface area contributed by atoms with Crippen molar-refractivity contribution in [2.24, 2.45) is 5.10 Å². The van der Waals surface area contributed by atoms with Crippen molar-refractivity contribution in [3.05, 3.63) is 127 Å². The summed E-state index contributed by atoms with van der Waals surface area (Å²) in [5.74, 6) is -1.27. The second kappa shape index (κ2) is 12.9. The van der Waals surface area contributed by atoms with Gasteiger partial charge in [-0.25, -0.2) is 10.2 Å². The molecular formula is C28H17BrCl3N3O4. The van der Waals surface area contributed by atoms with E-state index in [4.69, 9.17) is 39.5 Å². The van der Waals surface area contributed by atoms with Gasteiger partial charge in [0, 0.05) is 36.9 Å². The third kappa shape index (κ3) is 7.68. The first-order valence-electron chi connectivity index (χ1n) is 11.2. The number of amides is 2. The van der Waals surface area contributed by atoms with Crippen LogP contribution in [0.5, 0.6) is 5.75 Å². The fraction of sp³-hybridized carbons (Fsp3) is 0. The van der Waals surface area contributed by atoms with Gasteiger partial charge in [0.1, 0.15) is 5.75 Å². The van der Waals surface area contributed by atoms with Gasteiger partial charge in [0.2, 0.25) is 0 Å². The molecule has 0 radical (unpaired) electrons. The highest BCUT2D eigenvalue weighted by Crippen LogP contribution is 2.26. The lowest BCUT2D eigenvalue weighted by atomic mass is 10.1. The Kier molecular flexibility index (Phi) is 9.37. The van der Waals surface area contributed by atoms with Gasteiger partial charge in [-0.2, -0.15) is 5.10 Å². The van der Waals surface area contributed by atoms with E-state index < -0.39 is 11.9 Å². The maximum atomic E-state index is 12.6. The molecule has 0 aliphatic carbocycles. The fourth-order valence-corrected chi connectivity index (χ4v) is 4.25. The zero-order chi connectivity index (χ0) is 27.9. The molecule has 4 aromatic rings. The molecule has 11 heteroatoms. The Bertz CT molecular complexity index is 1580. The van der Waals surface area contributed by atoms with Crippen LogP contribution in [-0.2, 0) is 0 Å². The third-order valence-corrected chi connectivity index (χ3v) is 6.50. The van der Waals surface area contributed by atoms with Gasteiger partial charge in [0.15, 0.2) is 0 Å². The second-order valence-electron chi connectivity index (χ2n) is 7.93. The van der Waals surface area contributed by atoms with Crippen LogP contribution < -0.4 is 15.5 Å². The summed E-state index contributed by atoms with van der Waals surface area (Å²) in [6.07, 6.45) is 1.34. The third-order valence-electron chi connectivity index (χ3n) is 5.21. The van der Waals surface area contributed by atoms with Gasteiger partial charge in [-0.15, -0.1) is 0 Å². The van der Waals surface area contributed by atoms with E-state index in [1.54, 1.807) is 66.7 Å². The summed E-state index contributed by atoms with van der Waals surface area (Å²) in [4.78, 5) is 37.5. The number of hydrazone groups is 1. The van der Waals surface area contributed by atoms with E-state index in [1.807, 2.05) is 0 Å². The van der Waals surface area contributed by atoms with Crippen LogP contribution in [0.1, 0.15) is 36.6 Å². The number of anilines is 1. The molecule has 2 amide bonds. The van der Waals surface area contributed by atoms with Crippen LogP contribution in [0.3, 0.4) is 0 Å². The summed E-state index contributed by atoms with van der Waals surface area (Å²) in [6.45, 7) is 0. The average Bonchev–Trinajstić information content (AvgIpc) is 2.90. The highest BCUT2D eigenvalue weighted by Gasteiger charge is 2.15. The number of carbonyl (C=O) groups is 3. The van der Waals surface area contributed by atoms with E-state index in [0.29, 0.717) is 36.9 Å². The lowest BCUT2D eigenvalue weighted by Crippen LogP contribution is -2.18. The monoisotopic (exact) mass is 643 g/mol. The molecule has 0 aromatic heterocycles. The zero-order valence-electron chi connectivity index (χ0n) is 19.8. The molecule has 0 atom stereocenters. The van der Waals surface area contributed by atoms with Gasteiger partial charge in [0.05, 0.1) is 16.8 Å². The summed E-state index contributed by atoms with van der Waals surface area (Å²) in [5, 5.41) is 7.81. The van der Waals surface area contributed by atoms with Gasteiger partial charge in [-0.1, -0.05) is 50.7 Å². The largest absolute Gasteiger partial charge is 0.422 e. The lowest BCUT2D eigenvalue weighted by Gasteiger charge is -2.09. The molecule has 0 saturated carbocycles. The number of benzene rings is 4. The summed E-state index contributed by atoms with van der Waals surface area (Å²) in [6, 6.07) is 22.1. The summed E-state index contributed by atoms with van der Waals surface area (Å²) in [7, 11) is 0. The Labute approximate surface area is 246 Å². The summed E-state index contributed by atoms with van der Waals surface area (Å²) >= 11 is 21.2. The van der Waals surface area contributed by atoms with Gasteiger partial charge < -0.3 is 10.1 Å². The number of esters is 1. The van der Waals surface area contributed by atoms with Crippen molar-refractivity contribution >= 4 is 80.4 Å². The fourth-order valence-electron chi connectivity index (χ4n) is 3.26. The Morgan fingerprint density at radius 1 is 0.769 bits per heavy atom. The van der Waals surface area contributed by atoms with Gasteiger partial charge in [-0.3, -0.25) is 9.59 Å². The maximum absolute atomic E-state index is 12.6. The molecule has 0 saturated heterocycles. The number of ether oxygens (including phenoxy) is 1. The number of nitrogens with zero attached hydrogens (tertiary/aromatic N) is 1. The molecule has 4 aromatic carbocycles. The molecule has 0 aliphatic heterocycles. The number of hydrogen-bond acceptors (Lipinski definition) is 5. The molecule has 0 heterocycles. The standard InChI is InChI=1S/C28H17BrCl3N3O4/c29-19-5-12-25(39-28(38)23-11-8-21(31)14-24(23)32)18(13-19)15-33-35-27(37)17-3-9-22(10-4-17)34-26(36)16-1-6-20(30)7-2-16/h1-15H,(H,34,36)(H,35,37)/b33-15-. The topological polar surface area (TPSA) is 96.9 Å². The minimum Gasteiger partial charge on any atom is -0.422 e. The van der Waals surface area contributed by atoms with Crippen LogP contribution in [0.2, 0.25) is 15.1 Å². The molecule has 196 valence electrons. The van der Waals surface area contributed by atoms with Crippen molar-refractivity contribution in [2.45, 2.75) is 0 Å². The molecule has 4 rings (SSSR count). The molecule has 7 nitrogen and oxygen atoms in total. The summed E-state index contributed by atoms with van der Waals surface area (Å²) < 4.78 is 6.20. The van der Waals surface area contributed by atoms with E-state index in [-0.39, 0.29) is 22.2 Å². The Morgan fingerprint density at radius 2 is 1.41 bits per heavy atom. The lowest BCUT2D eigenvalue weighted by molar-refractivity contribution is 0.0734. The average molecular weight is 646 g/mol. The van der Waals surface area contributed by atoms with Crippen LogP contribution >= 0.6 is 50.7 Å². The van der Waals surface area contributed by atoms with Crippen molar-refractivity contribution in [3.63, 3.8) is 0 Å². The van der Waals surface area contributed by atoms with E-state index in [1.165, 1.54) is 24.4 Å². The number of carbonyl (C=O) groups excluding carboxylic acids is 3. The van der Waals surface area contributed by atoms with Gasteiger partial charge in [0.25, 0.3) is 11.8 Å². The normalized spacial score (nSPS) is 10.8. The predicted molar refractivity (Wildman–Crippen MR) is 156 cm³/mol. The first kappa shape index (κ1) is 28.3. The van der Waals surface area contributed by atoms with Crippen LogP contribution in [0.25, 0.3) is 0 Å². The van der Waals surface area contributed by atoms with Crippen LogP contribution in [0, 0.1) is 0 Å². The molecule has 0 bridgehead atoms. The van der Waals surface area contributed by atoms with Crippen LogP contribution in [0.4, 0.5) is 5.69 Å². The Balaban J connectivity index is 1.39. The van der Waals surface area contributed by atoms with Crippen LogP contribution in [-0.4, -0.2) is 24.0 Å². The first-order chi connectivity index (χ1) is 18.7. The first-order valence-corrected chi connectivity index (χ1v) is 13.1. The smallest absolute Gasteiger partial charge is 0.345 e. The van der Waals surface area contributed by atoms with Crippen molar-refractivity contribution in [1.82, 2.24) is 5.43 Å². The number of hydrogen-bond donors (Lipinski definition) is 2. The molecular weight excluding hydrogens is 629 g/mol. The van der Waals surface area contributed by atoms with E-state index >= 15 is 0 Å². The molecule has 39 heavy (non-hydrogen) atoms. The van der Waals surface area contributed by atoms with E-state index in [0.717, 1.165) is 0 Å². The Hall–Kier alpha value is -3.69. The van der Waals surface area contributed by atoms with Crippen molar-refractivity contribution in [1.29, 1.82) is 0 Å². The minimum absolute atomic E-state index is 0.146. The van der Waals surface area contributed by atoms with E-state index in [9.17, 15) is 14.4 Å². The number of halogens is 4. The van der Waals surface area contributed by atoms with Crippen molar-refractivity contribution in [2.75, 3.05) is 5.32 Å². The summed E-state index contributed by atoms with van der Waals surface area (Å²) in [5.41, 5.74) is 4.26. The zero-order valence-corrected chi connectivity index (χ0v) is 23.6. The predicted octanol–water partition coefficient (Wildman–Crippen LogP) is 7.64. The van der Waals surface area contributed by atoms with Gasteiger partial charge >= 0.3 is 5.97 Å². The molecule has 2 N–H and O–H groups in total. The van der Waals surface area contributed by atoms with E-state index in [2.05, 4.69) is 31.8 Å². The van der Waals surface area contributed by atoms with Gasteiger partial charge in [-0.05, 0) is 84.9 Å². The molecule has 0 spiro atoms. The highest BCUT2D eigenvalue weighted by atomic mass is 79.9. The van der Waals surface area contributed by atoms with Crippen molar-refractivity contribution < 1.29 is 19.1 Å². The highest BCUT2D eigenvalue weighted by molar-refractivity contribution is 9.10. The Morgan fingerprint density at radius 3 is 2.10 bits per heavy atom. The minimum atomic E-state index is -0.680. The quantitative estimate of drug-likeness (QED) is 0.0934. The van der Waals surface area contributed by atoms with Crippen LogP contribution in [0.15, 0.2) is 94.5 Å². The molecule has 0 aliphatic rings.